The van der Waals surface area contributed by atoms with E-state index in [0.29, 0.717) is 67.8 Å². The fraction of sp³-hybridized carbons (Fsp3) is 0.214. The summed E-state index contributed by atoms with van der Waals surface area (Å²) in [7, 11) is 0. The first-order valence-electron chi connectivity index (χ1n) is 12.3. The molecular weight excluding hydrogens is 487 g/mol. The van der Waals surface area contributed by atoms with Crippen molar-refractivity contribution in [3.05, 3.63) is 111 Å². The highest BCUT2D eigenvalue weighted by Crippen LogP contribution is 2.33. The van der Waals surface area contributed by atoms with E-state index in [9.17, 15) is 9.18 Å². The van der Waals surface area contributed by atoms with Crippen LogP contribution in [-0.4, -0.2) is 43.3 Å². The Balaban J connectivity index is 1.29. The van der Waals surface area contributed by atoms with Crippen LogP contribution in [0.1, 0.15) is 22.5 Å². The number of rotatable bonds is 8. The van der Waals surface area contributed by atoms with Gasteiger partial charge in [0.05, 0.1) is 18.6 Å². The van der Waals surface area contributed by atoms with Crippen LogP contribution < -0.4 is 15.0 Å². The van der Waals surface area contributed by atoms with Gasteiger partial charge in [0.2, 0.25) is 0 Å². The number of nitrogens with zero attached hydrogens (tertiary/aromatic N) is 5. The fourth-order valence-corrected chi connectivity index (χ4v) is 4.58. The van der Waals surface area contributed by atoms with Gasteiger partial charge >= 0.3 is 0 Å². The van der Waals surface area contributed by atoms with Crippen molar-refractivity contribution in [1.29, 1.82) is 0 Å². The number of tetrazole rings is 1. The van der Waals surface area contributed by atoms with E-state index in [1.807, 2.05) is 42.5 Å². The molecule has 9 nitrogen and oxygen atoms in total. The summed E-state index contributed by atoms with van der Waals surface area (Å²) >= 11 is 0. The van der Waals surface area contributed by atoms with Crippen molar-refractivity contribution in [3.63, 3.8) is 0 Å². The molecule has 1 aliphatic rings. The summed E-state index contributed by atoms with van der Waals surface area (Å²) < 4.78 is 26.4. The lowest BCUT2D eigenvalue weighted by molar-refractivity contribution is 0.172. The minimum atomic E-state index is -0.292. The Hall–Kier alpha value is -4.57. The Morgan fingerprint density at radius 1 is 0.895 bits per heavy atom. The molecule has 0 fully saturated rings. The van der Waals surface area contributed by atoms with Gasteiger partial charge in [-0.25, -0.2) is 9.07 Å². The molecule has 0 atom stereocenters. The standard InChI is InChI=1S/C28H25FN6O3/c29-23-8-6-20(7-9-23)16-35-27(31-32-33-35)18-34(15-19-4-2-1-3-5-19)17-22-12-21-13-25-26(38-11-10-37-25)14-24(21)30-28(22)36/h1-9,12-14H,10-11,15-18H2,(H,30,36). The average Bonchev–Trinajstić information content (AvgIpc) is 3.36. The van der Waals surface area contributed by atoms with E-state index in [-0.39, 0.29) is 11.4 Å². The molecule has 3 heterocycles. The third-order valence-corrected chi connectivity index (χ3v) is 6.44. The molecule has 0 saturated heterocycles. The number of nitrogens with one attached hydrogen (secondary N) is 1. The second kappa shape index (κ2) is 10.4. The van der Waals surface area contributed by atoms with E-state index < -0.39 is 0 Å². The highest BCUT2D eigenvalue weighted by atomic mass is 19.1. The summed E-state index contributed by atoms with van der Waals surface area (Å²) in [6.45, 7) is 2.75. The molecule has 0 amide bonds. The van der Waals surface area contributed by atoms with Crippen LogP contribution in [0.25, 0.3) is 10.9 Å². The van der Waals surface area contributed by atoms with Crippen LogP contribution in [0.5, 0.6) is 11.5 Å². The Kier molecular flexibility index (Phi) is 6.53. The maximum absolute atomic E-state index is 13.3. The predicted octanol–water partition coefficient (Wildman–Crippen LogP) is 3.68. The van der Waals surface area contributed by atoms with E-state index in [0.717, 1.165) is 16.5 Å². The minimum absolute atomic E-state index is 0.168. The third-order valence-electron chi connectivity index (χ3n) is 6.44. The van der Waals surface area contributed by atoms with Gasteiger partial charge in [-0.3, -0.25) is 9.69 Å². The molecule has 1 N–H and O–H groups in total. The zero-order valence-corrected chi connectivity index (χ0v) is 20.5. The van der Waals surface area contributed by atoms with Crippen LogP contribution in [0.15, 0.2) is 77.6 Å². The van der Waals surface area contributed by atoms with Crippen molar-refractivity contribution in [1.82, 2.24) is 30.1 Å². The molecule has 0 radical (unpaired) electrons. The number of benzene rings is 3. The summed E-state index contributed by atoms with van der Waals surface area (Å²) in [4.78, 5) is 18.2. The molecule has 1 aliphatic heterocycles. The number of fused-ring (bicyclic) bond motifs is 2. The lowest BCUT2D eigenvalue weighted by Gasteiger charge is -2.22. The van der Waals surface area contributed by atoms with Crippen molar-refractivity contribution < 1.29 is 13.9 Å². The van der Waals surface area contributed by atoms with E-state index in [2.05, 4.69) is 25.4 Å². The molecule has 0 unspecified atom stereocenters. The fourth-order valence-electron chi connectivity index (χ4n) is 4.58. The Labute approximate surface area is 217 Å². The molecule has 6 rings (SSSR count). The van der Waals surface area contributed by atoms with Crippen LogP contribution in [0.2, 0.25) is 0 Å². The number of H-pyrrole nitrogens is 1. The highest BCUT2D eigenvalue weighted by molar-refractivity contribution is 5.83. The van der Waals surface area contributed by atoms with Crippen LogP contribution >= 0.6 is 0 Å². The topological polar surface area (TPSA) is 98.2 Å². The Morgan fingerprint density at radius 2 is 1.66 bits per heavy atom. The summed E-state index contributed by atoms with van der Waals surface area (Å²) in [6, 6.07) is 21.9. The number of pyridine rings is 1. The summed E-state index contributed by atoms with van der Waals surface area (Å²) in [5.41, 5.74) is 3.12. The lowest BCUT2D eigenvalue weighted by Crippen LogP contribution is -2.28. The second-order valence-corrected chi connectivity index (χ2v) is 9.22. The van der Waals surface area contributed by atoms with Crippen molar-refractivity contribution in [2.24, 2.45) is 0 Å². The number of ether oxygens (including phenoxy) is 2. The molecule has 3 aromatic carbocycles. The van der Waals surface area contributed by atoms with E-state index in [1.54, 1.807) is 22.9 Å². The Bertz CT molecular complexity index is 1620. The van der Waals surface area contributed by atoms with Gasteiger partial charge in [-0.15, -0.1) is 5.10 Å². The van der Waals surface area contributed by atoms with Crippen molar-refractivity contribution >= 4 is 10.9 Å². The molecule has 0 spiro atoms. The van der Waals surface area contributed by atoms with Crippen LogP contribution in [0, 0.1) is 5.82 Å². The minimum Gasteiger partial charge on any atom is -0.486 e. The predicted molar refractivity (Wildman–Crippen MR) is 138 cm³/mol. The lowest BCUT2D eigenvalue weighted by atomic mass is 10.1. The van der Waals surface area contributed by atoms with Gasteiger partial charge in [-0.2, -0.15) is 0 Å². The van der Waals surface area contributed by atoms with Gasteiger partial charge in [-0.05, 0) is 45.8 Å². The van der Waals surface area contributed by atoms with E-state index in [1.165, 1.54) is 12.1 Å². The molecule has 0 bridgehead atoms. The molecule has 2 aromatic heterocycles. The maximum atomic E-state index is 13.3. The quantitative estimate of drug-likeness (QED) is 0.339. The molecule has 5 aromatic rings. The molecule has 10 heteroatoms. The first-order chi connectivity index (χ1) is 18.6. The summed E-state index contributed by atoms with van der Waals surface area (Å²) in [6.07, 6.45) is 0. The van der Waals surface area contributed by atoms with Crippen LogP contribution in [0.4, 0.5) is 4.39 Å². The monoisotopic (exact) mass is 512 g/mol. The van der Waals surface area contributed by atoms with E-state index >= 15 is 0 Å². The van der Waals surface area contributed by atoms with Crippen molar-refractivity contribution in [2.75, 3.05) is 13.2 Å². The molecule has 38 heavy (non-hydrogen) atoms. The average molecular weight is 513 g/mol. The number of hydrogen-bond acceptors (Lipinski definition) is 7. The smallest absolute Gasteiger partial charge is 0.252 e. The number of halogens is 1. The highest BCUT2D eigenvalue weighted by Gasteiger charge is 2.18. The number of aromatic nitrogens is 5. The Morgan fingerprint density at radius 3 is 2.45 bits per heavy atom. The molecular formula is C28H25FN6O3. The molecule has 192 valence electrons. The van der Waals surface area contributed by atoms with Crippen molar-refractivity contribution in [3.8, 4) is 11.5 Å². The van der Waals surface area contributed by atoms with Gasteiger partial charge in [0.25, 0.3) is 5.56 Å². The van der Waals surface area contributed by atoms with Crippen LogP contribution in [-0.2, 0) is 26.2 Å². The van der Waals surface area contributed by atoms with Gasteiger partial charge in [0, 0.05) is 30.1 Å². The SMILES string of the molecule is O=c1[nH]c2cc3c(cc2cc1CN(Cc1ccccc1)Cc1nnnn1Cc1ccc(F)cc1)OCCO3. The van der Waals surface area contributed by atoms with Crippen LogP contribution in [0.3, 0.4) is 0 Å². The van der Waals surface area contributed by atoms with Gasteiger partial charge < -0.3 is 14.5 Å². The zero-order chi connectivity index (χ0) is 25.9. The number of aromatic amines is 1. The number of hydrogen-bond donors (Lipinski definition) is 1. The normalized spacial score (nSPS) is 12.8. The third kappa shape index (κ3) is 5.25. The largest absolute Gasteiger partial charge is 0.486 e. The summed E-state index contributed by atoms with van der Waals surface area (Å²) in [5, 5.41) is 13.1. The zero-order valence-electron chi connectivity index (χ0n) is 20.5. The maximum Gasteiger partial charge on any atom is 0.252 e. The van der Waals surface area contributed by atoms with E-state index in [4.69, 9.17) is 9.47 Å². The van der Waals surface area contributed by atoms with Gasteiger partial charge in [-0.1, -0.05) is 42.5 Å². The van der Waals surface area contributed by atoms with Crippen molar-refractivity contribution in [2.45, 2.75) is 26.2 Å². The molecule has 0 saturated carbocycles. The molecule has 0 aliphatic carbocycles. The first kappa shape index (κ1) is 23.8. The van der Waals surface area contributed by atoms with Gasteiger partial charge in [0.1, 0.15) is 19.0 Å². The van der Waals surface area contributed by atoms with Gasteiger partial charge in [0.15, 0.2) is 17.3 Å². The first-order valence-corrected chi connectivity index (χ1v) is 12.3. The summed E-state index contributed by atoms with van der Waals surface area (Å²) in [5.74, 6) is 1.65. The second-order valence-electron chi connectivity index (χ2n) is 9.22.